The van der Waals surface area contributed by atoms with Crippen LogP contribution in [0.5, 0.6) is 0 Å². The maximum absolute atomic E-state index is 11.7. The molecule has 1 N–H and O–H groups in total. The van der Waals surface area contributed by atoms with Crippen molar-refractivity contribution in [2.24, 2.45) is 0 Å². The molecule has 2 aromatic rings. The van der Waals surface area contributed by atoms with Crippen LogP contribution in [-0.2, 0) is 4.74 Å². The molecule has 2 heterocycles. The minimum atomic E-state index is -0.415. The molecule has 0 bridgehead atoms. The minimum absolute atomic E-state index is 0.328. The molecule has 0 saturated heterocycles. The number of aryl methyl sites for hydroxylation is 1. The zero-order valence-electron chi connectivity index (χ0n) is 15.1. The molecule has 0 aliphatic heterocycles. The first-order chi connectivity index (χ1) is 12.1. The van der Waals surface area contributed by atoms with Crippen molar-refractivity contribution in [3.05, 3.63) is 29.3 Å². The third-order valence-electron chi connectivity index (χ3n) is 4.58. The van der Waals surface area contributed by atoms with Gasteiger partial charge in [-0.1, -0.05) is 19.3 Å². The van der Waals surface area contributed by atoms with Crippen molar-refractivity contribution in [1.29, 1.82) is 0 Å². The molecule has 1 aliphatic carbocycles. The first kappa shape index (κ1) is 17.4. The molecule has 1 fully saturated rings. The van der Waals surface area contributed by atoms with Crippen LogP contribution in [0.3, 0.4) is 0 Å². The van der Waals surface area contributed by atoms with Crippen molar-refractivity contribution in [2.45, 2.75) is 58.9 Å². The van der Waals surface area contributed by atoms with E-state index in [9.17, 15) is 4.79 Å². The Morgan fingerprint density at radius 3 is 2.56 bits per heavy atom. The summed E-state index contributed by atoms with van der Waals surface area (Å²) in [6.45, 7) is 6.09. The lowest BCUT2D eigenvalue weighted by molar-refractivity contribution is 0.0525. The van der Waals surface area contributed by atoms with E-state index in [-0.39, 0.29) is 0 Å². The number of nitrogens with zero attached hydrogens (tertiary/aromatic N) is 4. The van der Waals surface area contributed by atoms with E-state index >= 15 is 0 Å². The van der Waals surface area contributed by atoms with E-state index in [0.29, 0.717) is 24.2 Å². The lowest BCUT2D eigenvalue weighted by atomic mass is 9.95. The Balaban J connectivity index is 1.80. The smallest absolute Gasteiger partial charge is 0.341 e. The molecule has 0 atom stereocenters. The van der Waals surface area contributed by atoms with Gasteiger partial charge >= 0.3 is 5.97 Å². The zero-order valence-corrected chi connectivity index (χ0v) is 15.1. The quantitative estimate of drug-likeness (QED) is 0.840. The van der Waals surface area contributed by atoms with E-state index in [2.05, 4.69) is 20.4 Å². The number of anilines is 1. The molecule has 0 aromatic carbocycles. The van der Waals surface area contributed by atoms with Gasteiger partial charge in [-0.05, 0) is 33.6 Å². The molecule has 7 nitrogen and oxygen atoms in total. The molecule has 2 aromatic heterocycles. The van der Waals surface area contributed by atoms with Gasteiger partial charge in [0, 0.05) is 18.4 Å². The Morgan fingerprint density at radius 1 is 1.24 bits per heavy atom. The first-order valence-electron chi connectivity index (χ1n) is 8.92. The van der Waals surface area contributed by atoms with E-state index in [1.54, 1.807) is 11.6 Å². The predicted molar refractivity (Wildman–Crippen MR) is 95.1 cm³/mol. The lowest BCUT2D eigenvalue weighted by Gasteiger charge is -2.24. The Labute approximate surface area is 147 Å². The molecule has 134 valence electrons. The number of hydrogen-bond acceptors (Lipinski definition) is 6. The van der Waals surface area contributed by atoms with Crippen LogP contribution in [0.2, 0.25) is 0 Å². The van der Waals surface area contributed by atoms with Gasteiger partial charge in [0.25, 0.3) is 5.95 Å². The predicted octanol–water partition coefficient (Wildman–Crippen LogP) is 3.20. The number of carbonyl (C=O) groups excluding carboxylic acids is 1. The van der Waals surface area contributed by atoms with Crippen LogP contribution in [-0.4, -0.2) is 38.4 Å². The van der Waals surface area contributed by atoms with Crippen LogP contribution >= 0.6 is 0 Å². The number of hydrogen-bond donors (Lipinski definition) is 1. The van der Waals surface area contributed by atoms with Gasteiger partial charge in [-0.2, -0.15) is 5.10 Å². The maximum atomic E-state index is 11.7. The zero-order chi connectivity index (χ0) is 17.8. The van der Waals surface area contributed by atoms with Crippen LogP contribution in [0.15, 0.2) is 12.4 Å². The second-order valence-electron chi connectivity index (χ2n) is 6.43. The second-order valence-corrected chi connectivity index (χ2v) is 6.43. The molecule has 3 rings (SSSR count). The Morgan fingerprint density at radius 2 is 1.92 bits per heavy atom. The number of ether oxygens (including phenoxy) is 1. The highest BCUT2D eigenvalue weighted by molar-refractivity contribution is 5.88. The van der Waals surface area contributed by atoms with Crippen LogP contribution in [0.4, 0.5) is 5.69 Å². The maximum Gasteiger partial charge on any atom is 0.341 e. The van der Waals surface area contributed by atoms with Gasteiger partial charge in [0.2, 0.25) is 0 Å². The van der Waals surface area contributed by atoms with Crippen LogP contribution in [0, 0.1) is 13.8 Å². The molecular formula is C18H25N5O2. The van der Waals surface area contributed by atoms with Crippen molar-refractivity contribution in [3.63, 3.8) is 0 Å². The number of carbonyl (C=O) groups is 1. The standard InChI is InChI=1S/C18H25N5O2/c1-4-25-17(24)14-10-19-18(20-11-14)23-13(3)16(12(2)22-23)21-15-8-6-5-7-9-15/h10-11,15,21H,4-9H2,1-3H3. The summed E-state index contributed by atoms with van der Waals surface area (Å²) in [6.07, 6.45) is 9.25. The van der Waals surface area contributed by atoms with E-state index in [1.165, 1.54) is 44.5 Å². The minimum Gasteiger partial charge on any atom is -0.462 e. The molecule has 1 aliphatic rings. The van der Waals surface area contributed by atoms with E-state index < -0.39 is 5.97 Å². The van der Waals surface area contributed by atoms with Gasteiger partial charge in [-0.15, -0.1) is 0 Å². The molecule has 0 amide bonds. The van der Waals surface area contributed by atoms with Crippen LogP contribution in [0.25, 0.3) is 5.95 Å². The van der Waals surface area contributed by atoms with Gasteiger partial charge < -0.3 is 10.1 Å². The highest BCUT2D eigenvalue weighted by Crippen LogP contribution is 2.26. The summed E-state index contributed by atoms with van der Waals surface area (Å²) >= 11 is 0. The van der Waals surface area contributed by atoms with E-state index in [4.69, 9.17) is 4.74 Å². The van der Waals surface area contributed by atoms with Gasteiger partial charge in [-0.25, -0.2) is 19.4 Å². The third kappa shape index (κ3) is 3.81. The molecule has 25 heavy (non-hydrogen) atoms. The second kappa shape index (κ2) is 7.63. The molecule has 1 saturated carbocycles. The molecule has 7 heteroatoms. The van der Waals surface area contributed by atoms with Crippen LogP contribution in [0.1, 0.15) is 60.8 Å². The average molecular weight is 343 g/mol. The molecule has 0 radical (unpaired) electrons. The fourth-order valence-corrected chi connectivity index (χ4v) is 3.25. The summed E-state index contributed by atoms with van der Waals surface area (Å²) in [5, 5.41) is 8.21. The topological polar surface area (TPSA) is 81.9 Å². The normalized spacial score (nSPS) is 15.2. The monoisotopic (exact) mass is 343 g/mol. The highest BCUT2D eigenvalue weighted by Gasteiger charge is 2.19. The lowest BCUT2D eigenvalue weighted by Crippen LogP contribution is -2.22. The third-order valence-corrected chi connectivity index (χ3v) is 4.58. The Hall–Kier alpha value is -2.44. The summed E-state index contributed by atoms with van der Waals surface area (Å²) in [7, 11) is 0. The van der Waals surface area contributed by atoms with Gasteiger partial charge in [0.1, 0.15) is 0 Å². The number of esters is 1. The van der Waals surface area contributed by atoms with Crippen molar-refractivity contribution in [1.82, 2.24) is 19.7 Å². The Bertz CT molecular complexity index is 733. The summed E-state index contributed by atoms with van der Waals surface area (Å²) in [6, 6.07) is 0.510. The highest BCUT2D eigenvalue weighted by atomic mass is 16.5. The largest absolute Gasteiger partial charge is 0.462 e. The SMILES string of the molecule is CCOC(=O)c1cnc(-n2nc(C)c(NC3CCCCC3)c2C)nc1. The van der Waals surface area contributed by atoms with Gasteiger partial charge in [-0.3, -0.25) is 0 Å². The first-order valence-corrected chi connectivity index (χ1v) is 8.92. The Kier molecular flexibility index (Phi) is 5.31. The fourth-order valence-electron chi connectivity index (χ4n) is 3.25. The van der Waals surface area contributed by atoms with Crippen LogP contribution < -0.4 is 5.32 Å². The average Bonchev–Trinajstić information content (AvgIpc) is 2.91. The van der Waals surface area contributed by atoms with Gasteiger partial charge in [0.05, 0.1) is 29.2 Å². The van der Waals surface area contributed by atoms with Gasteiger partial charge in [0.15, 0.2) is 0 Å². The van der Waals surface area contributed by atoms with Crippen molar-refractivity contribution < 1.29 is 9.53 Å². The van der Waals surface area contributed by atoms with E-state index in [1.807, 2.05) is 13.8 Å². The number of rotatable bonds is 5. The fraction of sp³-hybridized carbons (Fsp3) is 0.556. The summed E-state index contributed by atoms with van der Waals surface area (Å²) < 4.78 is 6.67. The molecule has 0 unspecified atom stereocenters. The van der Waals surface area contributed by atoms with Crippen molar-refractivity contribution in [2.75, 3.05) is 11.9 Å². The summed E-state index contributed by atoms with van der Waals surface area (Å²) in [5.74, 6) is 0.0346. The van der Waals surface area contributed by atoms with Crippen molar-refractivity contribution in [3.8, 4) is 5.95 Å². The number of nitrogens with one attached hydrogen (secondary N) is 1. The number of aromatic nitrogens is 4. The summed E-state index contributed by atoms with van der Waals surface area (Å²) in [4.78, 5) is 20.3. The van der Waals surface area contributed by atoms with E-state index in [0.717, 1.165) is 17.1 Å². The van der Waals surface area contributed by atoms with Crippen molar-refractivity contribution >= 4 is 11.7 Å². The summed E-state index contributed by atoms with van der Waals surface area (Å²) in [5.41, 5.74) is 3.31. The molecular weight excluding hydrogens is 318 g/mol. The molecule has 0 spiro atoms.